The van der Waals surface area contributed by atoms with E-state index in [4.69, 9.17) is 0 Å². The van der Waals surface area contributed by atoms with Crippen molar-refractivity contribution >= 4 is 28.3 Å². The van der Waals surface area contributed by atoms with Crippen LogP contribution in [0, 0.1) is 0 Å². The molecule has 1 saturated carbocycles. The van der Waals surface area contributed by atoms with Gasteiger partial charge >= 0.3 is 6.18 Å². The number of likely N-dealkylation sites (tertiary alicyclic amines) is 1. The van der Waals surface area contributed by atoms with E-state index in [0.717, 1.165) is 56.0 Å². The number of rotatable bonds is 7. The van der Waals surface area contributed by atoms with Crippen LogP contribution in [0.15, 0.2) is 30.5 Å². The maximum Gasteiger partial charge on any atom is 0.416 e. The molecule has 7 nitrogen and oxygen atoms in total. The lowest BCUT2D eigenvalue weighted by Crippen LogP contribution is -2.63. The summed E-state index contributed by atoms with van der Waals surface area (Å²) in [5.74, 6) is -0.493. The van der Waals surface area contributed by atoms with Gasteiger partial charge in [-0.3, -0.25) is 14.5 Å². The molecule has 0 bridgehead atoms. The smallest absolute Gasteiger partial charge is 0.354 e. The summed E-state index contributed by atoms with van der Waals surface area (Å²) in [6.45, 7) is 1.27. The molecular weight excluding hydrogens is 479 g/mol. The van der Waals surface area contributed by atoms with Gasteiger partial charge in [0.05, 0.1) is 18.2 Å². The van der Waals surface area contributed by atoms with Crippen molar-refractivity contribution in [2.24, 2.45) is 0 Å². The highest BCUT2D eigenvalue weighted by Crippen LogP contribution is 2.39. The number of nitrogens with zero attached hydrogens (tertiary/aromatic N) is 3. The van der Waals surface area contributed by atoms with Gasteiger partial charge in [-0.15, -0.1) is 11.3 Å². The molecule has 35 heavy (non-hydrogen) atoms. The molecule has 4 rings (SSSR count). The van der Waals surface area contributed by atoms with E-state index in [1.165, 1.54) is 17.0 Å². The fourth-order valence-corrected chi connectivity index (χ4v) is 5.68. The Kier molecular flexibility index (Phi) is 7.65. The Bertz CT molecular complexity index is 1040. The lowest BCUT2D eigenvalue weighted by Gasteiger charge is -2.46. The number of aromatic nitrogens is 1. The Balaban J connectivity index is 1.15. The molecule has 2 heterocycles. The van der Waals surface area contributed by atoms with Crippen LogP contribution in [0.1, 0.15) is 52.4 Å². The molecule has 0 unspecified atom stereocenters. The molecule has 2 aliphatic rings. The molecule has 1 aromatic heterocycles. The number of benzene rings is 1. The number of carbonyl (C=O) groups excluding carboxylic acids is 2. The summed E-state index contributed by atoms with van der Waals surface area (Å²) >= 11 is 1.76. The van der Waals surface area contributed by atoms with Gasteiger partial charge < -0.3 is 15.5 Å². The number of anilines is 1. The van der Waals surface area contributed by atoms with E-state index in [1.807, 2.05) is 25.2 Å². The molecule has 2 N–H and O–H groups in total. The summed E-state index contributed by atoms with van der Waals surface area (Å²) in [4.78, 5) is 34.6. The first-order valence-corrected chi connectivity index (χ1v) is 12.5. The van der Waals surface area contributed by atoms with Crippen LogP contribution in [-0.2, 0) is 11.0 Å². The van der Waals surface area contributed by atoms with E-state index < -0.39 is 17.6 Å². The highest BCUT2D eigenvalue weighted by molar-refractivity contribution is 7.15. The standard InChI is InChI=1S/C24H30F3N5O2S/c1-31(2)23-29-11-20(35-23)15-6-8-19(9-7-15)32-13-18(14-32)30-21(33)12-28-22(34)16-4-3-5-17(10-16)24(25,26)27/h3-5,10-11,15,18-19H,6-9,12-14H2,1-2H3,(H,28,34)(H,30,33). The maximum atomic E-state index is 12.8. The largest absolute Gasteiger partial charge is 0.416 e. The fraction of sp³-hybridized carbons (Fsp3) is 0.542. The molecule has 2 aromatic rings. The van der Waals surface area contributed by atoms with E-state index in [-0.39, 0.29) is 24.1 Å². The van der Waals surface area contributed by atoms with Crippen LogP contribution in [0.4, 0.5) is 18.3 Å². The molecule has 11 heteroatoms. The number of thiazole rings is 1. The lowest BCUT2D eigenvalue weighted by atomic mass is 9.83. The van der Waals surface area contributed by atoms with E-state index >= 15 is 0 Å². The third kappa shape index (κ3) is 6.32. The summed E-state index contributed by atoms with van der Waals surface area (Å²) in [6, 6.07) is 4.68. The van der Waals surface area contributed by atoms with E-state index in [9.17, 15) is 22.8 Å². The quantitative estimate of drug-likeness (QED) is 0.598. The van der Waals surface area contributed by atoms with Crippen LogP contribution < -0.4 is 15.5 Å². The zero-order valence-electron chi connectivity index (χ0n) is 19.8. The van der Waals surface area contributed by atoms with Crippen molar-refractivity contribution < 1.29 is 22.8 Å². The number of alkyl halides is 3. The topological polar surface area (TPSA) is 77.6 Å². The number of carbonyl (C=O) groups is 2. The number of hydrogen-bond acceptors (Lipinski definition) is 6. The molecular formula is C24H30F3N5O2S. The predicted molar refractivity (Wildman–Crippen MR) is 129 cm³/mol. The first-order chi connectivity index (χ1) is 16.6. The Morgan fingerprint density at radius 3 is 2.51 bits per heavy atom. The number of nitrogens with one attached hydrogen (secondary N) is 2. The first kappa shape index (κ1) is 25.4. The second-order valence-electron chi connectivity index (χ2n) is 9.42. The van der Waals surface area contributed by atoms with Gasteiger partial charge in [-0.25, -0.2) is 4.98 Å². The van der Waals surface area contributed by atoms with Crippen LogP contribution in [0.2, 0.25) is 0 Å². The minimum Gasteiger partial charge on any atom is -0.354 e. The van der Waals surface area contributed by atoms with Crippen molar-refractivity contribution in [3.05, 3.63) is 46.5 Å². The minimum atomic E-state index is -4.53. The maximum absolute atomic E-state index is 12.8. The Hall–Kier alpha value is -2.66. The molecule has 2 fully saturated rings. The average Bonchev–Trinajstić information content (AvgIpc) is 3.30. The van der Waals surface area contributed by atoms with Gasteiger partial charge in [-0.05, 0) is 49.8 Å². The van der Waals surface area contributed by atoms with Crippen molar-refractivity contribution in [3.8, 4) is 0 Å². The molecule has 0 spiro atoms. The predicted octanol–water partition coefficient (Wildman–Crippen LogP) is 3.48. The van der Waals surface area contributed by atoms with Crippen molar-refractivity contribution in [2.45, 2.75) is 49.9 Å². The molecule has 1 aliphatic heterocycles. The average molecular weight is 510 g/mol. The zero-order chi connectivity index (χ0) is 25.2. The molecule has 190 valence electrons. The van der Waals surface area contributed by atoms with Crippen LogP contribution >= 0.6 is 11.3 Å². The third-order valence-corrected chi connectivity index (χ3v) is 7.97. The van der Waals surface area contributed by atoms with Gasteiger partial charge in [0.1, 0.15) is 0 Å². The second-order valence-corrected chi connectivity index (χ2v) is 10.5. The van der Waals surface area contributed by atoms with Crippen molar-refractivity contribution in [1.29, 1.82) is 0 Å². The summed E-state index contributed by atoms with van der Waals surface area (Å²) in [5, 5.41) is 6.32. The lowest BCUT2D eigenvalue weighted by molar-refractivity contribution is -0.137. The highest BCUT2D eigenvalue weighted by atomic mass is 32.1. The van der Waals surface area contributed by atoms with Crippen molar-refractivity contribution in [3.63, 3.8) is 0 Å². The van der Waals surface area contributed by atoms with Gasteiger partial charge in [0.15, 0.2) is 5.13 Å². The van der Waals surface area contributed by atoms with E-state index in [1.54, 1.807) is 11.3 Å². The SMILES string of the molecule is CN(C)c1ncc(C2CCC(N3CC(NC(=O)CNC(=O)c4cccc(C(F)(F)F)c4)C3)CC2)s1. The van der Waals surface area contributed by atoms with Crippen molar-refractivity contribution in [2.75, 3.05) is 38.6 Å². The van der Waals surface area contributed by atoms with Gasteiger partial charge in [-0.1, -0.05) is 6.07 Å². The molecule has 2 amide bonds. The first-order valence-electron chi connectivity index (χ1n) is 11.7. The number of amides is 2. The number of halogens is 3. The highest BCUT2D eigenvalue weighted by Gasteiger charge is 2.36. The molecule has 1 aliphatic carbocycles. The molecule has 0 atom stereocenters. The monoisotopic (exact) mass is 509 g/mol. The summed E-state index contributed by atoms with van der Waals surface area (Å²) in [7, 11) is 4.01. The van der Waals surface area contributed by atoms with Gasteiger partial charge in [0, 0.05) is 49.9 Å². The van der Waals surface area contributed by atoms with Crippen LogP contribution in [0.3, 0.4) is 0 Å². The molecule has 1 aromatic carbocycles. The summed E-state index contributed by atoms with van der Waals surface area (Å²) < 4.78 is 38.5. The normalized spacial score (nSPS) is 21.3. The third-order valence-electron chi connectivity index (χ3n) is 6.65. The minimum absolute atomic E-state index is 0.0230. The summed E-state index contributed by atoms with van der Waals surface area (Å²) in [5.41, 5.74) is -1.03. The van der Waals surface area contributed by atoms with Crippen LogP contribution in [-0.4, -0.2) is 67.5 Å². The van der Waals surface area contributed by atoms with Gasteiger partial charge in [-0.2, -0.15) is 13.2 Å². The van der Waals surface area contributed by atoms with Crippen LogP contribution in [0.5, 0.6) is 0 Å². The van der Waals surface area contributed by atoms with Crippen molar-refractivity contribution in [1.82, 2.24) is 20.5 Å². The molecule has 1 saturated heterocycles. The Morgan fingerprint density at radius 2 is 1.89 bits per heavy atom. The van der Waals surface area contributed by atoms with Gasteiger partial charge in [0.25, 0.3) is 5.91 Å². The molecule has 0 radical (unpaired) electrons. The van der Waals surface area contributed by atoms with Crippen LogP contribution in [0.25, 0.3) is 0 Å². The summed E-state index contributed by atoms with van der Waals surface area (Å²) in [6.07, 6.45) is 1.98. The second kappa shape index (κ2) is 10.5. The van der Waals surface area contributed by atoms with E-state index in [2.05, 4.69) is 20.5 Å². The number of hydrogen-bond donors (Lipinski definition) is 2. The fourth-order valence-electron chi connectivity index (χ4n) is 4.68. The Labute approximate surface area is 206 Å². The van der Waals surface area contributed by atoms with E-state index in [0.29, 0.717) is 12.0 Å². The Morgan fingerprint density at radius 1 is 1.17 bits per heavy atom. The van der Waals surface area contributed by atoms with Gasteiger partial charge in [0.2, 0.25) is 5.91 Å². The zero-order valence-corrected chi connectivity index (χ0v) is 20.6.